The van der Waals surface area contributed by atoms with Gasteiger partial charge in [0, 0.05) is 51.8 Å². The number of hydrogen-bond acceptors (Lipinski definition) is 4. The molecule has 1 unspecified atom stereocenters. The van der Waals surface area contributed by atoms with Crippen molar-refractivity contribution in [3.63, 3.8) is 0 Å². The molecule has 1 aromatic heterocycles. The summed E-state index contributed by atoms with van der Waals surface area (Å²) in [6.07, 6.45) is 1.33. The van der Waals surface area contributed by atoms with Gasteiger partial charge in [0.1, 0.15) is 0 Å². The average molecular weight is 353 g/mol. The minimum absolute atomic E-state index is 0.104. The summed E-state index contributed by atoms with van der Waals surface area (Å²) in [5, 5.41) is 8.99. The van der Waals surface area contributed by atoms with Crippen LogP contribution in [0.3, 0.4) is 0 Å². The molecule has 5 nitrogen and oxygen atoms in total. The molecule has 0 radical (unpaired) electrons. The first-order valence-electron chi connectivity index (χ1n) is 8.69. The molecule has 2 N–H and O–H groups in total. The largest absolute Gasteiger partial charge is 0.379 e. The summed E-state index contributed by atoms with van der Waals surface area (Å²) in [6.45, 7) is 11.5. The Morgan fingerprint density at radius 2 is 2.21 bits per heavy atom. The fourth-order valence-corrected chi connectivity index (χ4v) is 3.87. The molecule has 136 valence electrons. The zero-order valence-electron chi connectivity index (χ0n) is 15.7. The van der Waals surface area contributed by atoms with E-state index in [1.807, 2.05) is 18.4 Å². The van der Waals surface area contributed by atoms with Crippen molar-refractivity contribution < 1.29 is 4.74 Å². The fraction of sp³-hybridized carbons (Fsp3) is 0.722. The van der Waals surface area contributed by atoms with Crippen molar-refractivity contribution in [3.05, 3.63) is 21.9 Å². The highest BCUT2D eigenvalue weighted by atomic mass is 32.1. The molecule has 0 fully saturated rings. The maximum atomic E-state index is 5.58. The van der Waals surface area contributed by atoms with E-state index >= 15 is 0 Å². The Kier molecular flexibility index (Phi) is 7.07. The van der Waals surface area contributed by atoms with E-state index in [1.165, 1.54) is 12.0 Å². The number of nitrogens with zero attached hydrogens (tertiary/aromatic N) is 2. The number of fused-ring (bicyclic) bond motifs is 1. The monoisotopic (exact) mass is 352 g/mol. The maximum absolute atomic E-state index is 5.58. The van der Waals surface area contributed by atoms with Crippen molar-refractivity contribution in [2.75, 3.05) is 40.3 Å². The molecule has 0 bridgehead atoms. The van der Waals surface area contributed by atoms with Crippen LogP contribution in [-0.4, -0.2) is 57.3 Å². The number of methoxy groups -OCH3 is 1. The van der Waals surface area contributed by atoms with Crippen LogP contribution in [0, 0.1) is 5.41 Å². The van der Waals surface area contributed by atoms with Crippen LogP contribution in [0.25, 0.3) is 0 Å². The third-order valence-electron chi connectivity index (χ3n) is 4.54. The van der Waals surface area contributed by atoms with Crippen LogP contribution in [0.15, 0.2) is 16.4 Å². The van der Waals surface area contributed by atoms with E-state index in [0.717, 1.165) is 38.7 Å². The number of guanidine groups is 1. The Hall–Kier alpha value is -1.11. The Labute approximate surface area is 150 Å². The molecule has 1 aliphatic heterocycles. The van der Waals surface area contributed by atoms with Crippen LogP contribution in [0.2, 0.25) is 0 Å². The lowest BCUT2D eigenvalue weighted by atomic mass is 9.89. The van der Waals surface area contributed by atoms with Gasteiger partial charge in [-0.3, -0.25) is 9.89 Å². The van der Waals surface area contributed by atoms with Crippen molar-refractivity contribution in [1.82, 2.24) is 15.5 Å². The summed E-state index contributed by atoms with van der Waals surface area (Å²) in [5.74, 6) is 0.842. The Morgan fingerprint density at radius 1 is 1.42 bits per heavy atom. The molecule has 1 aromatic rings. The van der Waals surface area contributed by atoms with Gasteiger partial charge in [0.2, 0.25) is 0 Å². The van der Waals surface area contributed by atoms with Crippen LogP contribution < -0.4 is 10.6 Å². The van der Waals surface area contributed by atoms with Gasteiger partial charge in [0.25, 0.3) is 0 Å². The molecule has 2 heterocycles. The van der Waals surface area contributed by atoms with Gasteiger partial charge in [-0.2, -0.15) is 0 Å². The summed E-state index contributed by atoms with van der Waals surface area (Å²) >= 11 is 1.89. The highest BCUT2D eigenvalue weighted by Gasteiger charge is 2.24. The zero-order chi connectivity index (χ0) is 17.6. The minimum Gasteiger partial charge on any atom is -0.379 e. The Balaban J connectivity index is 1.71. The van der Waals surface area contributed by atoms with Crippen LogP contribution in [-0.2, 0) is 17.7 Å². The van der Waals surface area contributed by atoms with Crippen molar-refractivity contribution in [1.29, 1.82) is 0 Å². The maximum Gasteiger partial charge on any atom is 0.191 e. The molecule has 0 saturated heterocycles. The molecule has 0 amide bonds. The third kappa shape index (κ3) is 5.46. The first kappa shape index (κ1) is 19.2. The molecule has 2 rings (SSSR count). The Morgan fingerprint density at radius 3 is 2.88 bits per heavy atom. The van der Waals surface area contributed by atoms with Crippen molar-refractivity contribution >= 4 is 17.3 Å². The quantitative estimate of drug-likeness (QED) is 0.609. The lowest BCUT2D eigenvalue weighted by Crippen LogP contribution is -2.47. The lowest BCUT2D eigenvalue weighted by Gasteiger charge is -2.30. The van der Waals surface area contributed by atoms with Crippen molar-refractivity contribution in [3.8, 4) is 0 Å². The molecule has 24 heavy (non-hydrogen) atoms. The normalized spacial score (nSPS) is 17.5. The van der Waals surface area contributed by atoms with Gasteiger partial charge in [-0.25, -0.2) is 0 Å². The van der Waals surface area contributed by atoms with Crippen LogP contribution >= 0.6 is 11.3 Å². The molecule has 0 saturated carbocycles. The predicted octanol–water partition coefficient (Wildman–Crippen LogP) is 2.33. The fourth-order valence-electron chi connectivity index (χ4n) is 2.98. The summed E-state index contributed by atoms with van der Waals surface area (Å²) in [6, 6.07) is 2.26. The summed E-state index contributed by atoms with van der Waals surface area (Å²) in [7, 11) is 3.58. The third-order valence-corrected chi connectivity index (χ3v) is 5.56. The van der Waals surface area contributed by atoms with E-state index in [0.29, 0.717) is 0 Å². The van der Waals surface area contributed by atoms with Crippen LogP contribution in [0.5, 0.6) is 0 Å². The molecular formula is C18H32N4OS. The highest BCUT2D eigenvalue weighted by Crippen LogP contribution is 2.23. The molecule has 0 spiro atoms. The molecule has 0 aromatic carbocycles. The van der Waals surface area contributed by atoms with Gasteiger partial charge < -0.3 is 15.4 Å². The lowest BCUT2D eigenvalue weighted by molar-refractivity contribution is 0.0205. The number of aliphatic imine (C=N–C) groups is 1. The molecule has 6 heteroatoms. The minimum atomic E-state index is 0.104. The van der Waals surface area contributed by atoms with Gasteiger partial charge in [-0.15, -0.1) is 11.3 Å². The highest BCUT2D eigenvalue weighted by molar-refractivity contribution is 7.10. The van der Waals surface area contributed by atoms with E-state index in [2.05, 4.69) is 52.7 Å². The summed E-state index contributed by atoms with van der Waals surface area (Å²) in [4.78, 5) is 8.37. The Bertz CT molecular complexity index is 535. The van der Waals surface area contributed by atoms with E-state index < -0.39 is 0 Å². The van der Waals surface area contributed by atoms with Gasteiger partial charge in [0.05, 0.1) is 6.10 Å². The van der Waals surface area contributed by atoms with Gasteiger partial charge in [0.15, 0.2) is 5.96 Å². The van der Waals surface area contributed by atoms with E-state index in [-0.39, 0.29) is 11.5 Å². The van der Waals surface area contributed by atoms with Gasteiger partial charge in [-0.1, -0.05) is 20.8 Å². The smallest absolute Gasteiger partial charge is 0.191 e. The number of ether oxygens (including phenoxy) is 1. The second-order valence-electron chi connectivity index (χ2n) is 7.37. The van der Waals surface area contributed by atoms with Crippen molar-refractivity contribution in [2.45, 2.75) is 39.8 Å². The number of rotatable bonds is 6. The standard InChI is InChI=1S/C18H32N4OS/c1-18(2,3)16(23-5)12-21-17(19-4)20-8-10-22-9-6-15-14(13-22)7-11-24-15/h7,11,16H,6,8-10,12-13H2,1-5H3,(H2,19,20,21). The van der Waals surface area contributed by atoms with E-state index in [1.54, 1.807) is 12.0 Å². The molecule has 0 aliphatic carbocycles. The SMILES string of the molecule is CN=C(NCCN1CCc2sccc2C1)NCC(OC)C(C)(C)C. The van der Waals surface area contributed by atoms with Gasteiger partial charge >= 0.3 is 0 Å². The average Bonchev–Trinajstić information content (AvgIpc) is 3.00. The summed E-state index contributed by atoms with van der Waals surface area (Å²) in [5.41, 5.74) is 1.61. The van der Waals surface area contributed by atoms with Crippen molar-refractivity contribution in [2.24, 2.45) is 10.4 Å². The second-order valence-corrected chi connectivity index (χ2v) is 8.37. The van der Waals surface area contributed by atoms with E-state index in [4.69, 9.17) is 4.74 Å². The van der Waals surface area contributed by atoms with Crippen LogP contribution in [0.4, 0.5) is 0 Å². The number of hydrogen-bond donors (Lipinski definition) is 2. The first-order valence-corrected chi connectivity index (χ1v) is 9.57. The molecule has 1 atom stereocenters. The zero-order valence-corrected chi connectivity index (χ0v) is 16.5. The molecule has 1 aliphatic rings. The summed E-state index contributed by atoms with van der Waals surface area (Å²) < 4.78 is 5.58. The number of nitrogens with one attached hydrogen (secondary N) is 2. The molecular weight excluding hydrogens is 320 g/mol. The second kappa shape index (κ2) is 8.83. The predicted molar refractivity (Wildman–Crippen MR) is 103 cm³/mol. The van der Waals surface area contributed by atoms with Crippen LogP contribution in [0.1, 0.15) is 31.2 Å². The topological polar surface area (TPSA) is 48.9 Å². The van der Waals surface area contributed by atoms with E-state index in [9.17, 15) is 0 Å². The number of thiophene rings is 1. The van der Waals surface area contributed by atoms with Gasteiger partial charge in [-0.05, 0) is 28.8 Å². The first-order chi connectivity index (χ1) is 11.4.